The summed E-state index contributed by atoms with van der Waals surface area (Å²) in [6.07, 6.45) is 1.48. The van der Waals surface area contributed by atoms with E-state index in [1.807, 2.05) is 13.8 Å². The predicted molar refractivity (Wildman–Crippen MR) is 83.6 cm³/mol. The first-order valence-corrected chi connectivity index (χ1v) is 7.71. The second-order valence-corrected chi connectivity index (χ2v) is 6.17. The molecule has 10 heteroatoms. The molecule has 0 fully saturated rings. The van der Waals surface area contributed by atoms with Crippen LogP contribution in [0.2, 0.25) is 0 Å². The number of benzene rings is 1. The number of hydrogen-bond donors (Lipinski definition) is 1. The summed E-state index contributed by atoms with van der Waals surface area (Å²) in [7, 11) is -3.53. The molecule has 0 heterocycles. The van der Waals surface area contributed by atoms with E-state index in [0.717, 1.165) is 12.8 Å². The van der Waals surface area contributed by atoms with Crippen molar-refractivity contribution in [2.24, 2.45) is 0 Å². The van der Waals surface area contributed by atoms with Crippen molar-refractivity contribution in [1.82, 2.24) is 4.31 Å². The van der Waals surface area contributed by atoms with Gasteiger partial charge in [-0.2, -0.15) is 4.31 Å². The molecule has 0 saturated heterocycles. The quantitative estimate of drug-likeness (QED) is 0.504. The Hall–Kier alpha value is -0.260. The smallest absolute Gasteiger partial charge is 0.335 e. The Labute approximate surface area is 166 Å². The number of sulfonamides is 1. The summed E-state index contributed by atoms with van der Waals surface area (Å²) >= 11 is 0. The van der Waals surface area contributed by atoms with Crippen LogP contribution in [0.1, 0.15) is 37.0 Å². The number of carbonyl (C=O) groups is 1. The van der Waals surface area contributed by atoms with E-state index in [0.29, 0.717) is 13.1 Å². The van der Waals surface area contributed by atoms with E-state index in [-0.39, 0.29) is 64.6 Å². The van der Waals surface area contributed by atoms with Crippen molar-refractivity contribution in [3.63, 3.8) is 0 Å². The van der Waals surface area contributed by atoms with E-state index in [4.69, 9.17) is 5.11 Å². The fraction of sp³-hybridized carbons (Fsp3) is 0.462. The van der Waals surface area contributed by atoms with Crippen molar-refractivity contribution < 1.29 is 72.5 Å². The van der Waals surface area contributed by atoms with Gasteiger partial charge in [0.25, 0.3) is 0 Å². The van der Waals surface area contributed by atoms with Gasteiger partial charge >= 0.3 is 5.97 Å². The van der Waals surface area contributed by atoms with Crippen molar-refractivity contribution >= 4 is 16.0 Å². The number of nitrogens with zero attached hydrogens (tertiary/aromatic N) is 1. The summed E-state index contributed by atoms with van der Waals surface area (Å²) in [4.78, 5) is 10.9. The summed E-state index contributed by atoms with van der Waals surface area (Å²) in [6, 6.07) is 5.31. The van der Waals surface area contributed by atoms with Crippen LogP contribution in [0.5, 0.6) is 0 Å². The van der Waals surface area contributed by atoms with Gasteiger partial charge in [0, 0.05) is 50.8 Å². The molecule has 0 aromatic heterocycles. The maximum absolute atomic E-state index is 12.4. The number of rotatable bonds is 7. The van der Waals surface area contributed by atoms with Crippen LogP contribution in [-0.2, 0) is 10.0 Å². The monoisotopic (exact) mass is 504 g/mol. The minimum Gasteiger partial charge on any atom is -0.478 e. The summed E-state index contributed by atoms with van der Waals surface area (Å²) in [5.41, 5.74) is 0.0801. The first-order chi connectivity index (χ1) is 8.93. The number of hydrogen-bond acceptors (Lipinski definition) is 3. The average Bonchev–Trinajstić information content (AvgIpc) is 2.38. The minimum atomic E-state index is -3.53. The zero-order chi connectivity index (χ0) is 14.5. The molecule has 0 bridgehead atoms. The van der Waals surface area contributed by atoms with Crippen molar-refractivity contribution in [2.45, 2.75) is 31.6 Å². The zero-order valence-electron chi connectivity index (χ0n) is 13.0. The summed E-state index contributed by atoms with van der Waals surface area (Å²) in [5.74, 6) is -1.07. The van der Waals surface area contributed by atoms with Crippen LogP contribution < -0.4 is 0 Å². The molecule has 0 unspecified atom stereocenters. The topological polar surface area (TPSA) is 169 Å². The third kappa shape index (κ3) is 8.41. The predicted octanol–water partition coefficient (Wildman–Crippen LogP) is -0.279. The van der Waals surface area contributed by atoms with Gasteiger partial charge < -0.3 is 21.5 Å². The van der Waals surface area contributed by atoms with Crippen LogP contribution >= 0.6 is 0 Å². The van der Waals surface area contributed by atoms with Crippen LogP contribution in [-0.4, -0.2) is 53.3 Å². The Balaban J connectivity index is -0.000000451. The van der Waals surface area contributed by atoms with Gasteiger partial charge in [0.15, 0.2) is 0 Å². The molecule has 0 saturated carbocycles. The molecule has 0 spiro atoms. The van der Waals surface area contributed by atoms with E-state index in [1.54, 1.807) is 0 Å². The number of aromatic carboxylic acids is 1. The SMILES string of the molecule is CCCN(CCC)S(=O)(=O)c1ccc(C(=O)O)cc1.O.O.O.[Ho]. The normalized spacial score (nSPS) is 9.70. The first kappa shape index (κ1) is 30.6. The molecule has 0 atom stereocenters. The molecule has 23 heavy (non-hydrogen) atoms. The van der Waals surface area contributed by atoms with Crippen molar-refractivity contribution in [2.75, 3.05) is 13.1 Å². The molecule has 1 radical (unpaired) electrons. The minimum absolute atomic E-state index is 0. The molecule has 141 valence electrons. The van der Waals surface area contributed by atoms with E-state index in [1.165, 1.54) is 28.6 Å². The first-order valence-electron chi connectivity index (χ1n) is 6.27. The third-order valence-electron chi connectivity index (χ3n) is 2.69. The molecule has 0 amide bonds. The Bertz CT molecular complexity index is 528. The van der Waals surface area contributed by atoms with Crippen LogP contribution in [0.15, 0.2) is 29.2 Å². The Morgan fingerprint density at radius 2 is 1.39 bits per heavy atom. The molecular weight excluding hydrogens is 479 g/mol. The molecule has 7 N–H and O–H groups in total. The summed E-state index contributed by atoms with van der Waals surface area (Å²) < 4.78 is 26.2. The fourth-order valence-electron chi connectivity index (χ4n) is 1.77. The van der Waals surface area contributed by atoms with Gasteiger partial charge in [0.1, 0.15) is 0 Å². The molecule has 1 rings (SSSR count). The Kier molecular flexibility index (Phi) is 18.8. The molecule has 0 aliphatic rings. The van der Waals surface area contributed by atoms with Crippen molar-refractivity contribution in [3.8, 4) is 0 Å². The Morgan fingerprint density at radius 3 is 1.70 bits per heavy atom. The molecule has 8 nitrogen and oxygen atoms in total. The van der Waals surface area contributed by atoms with Gasteiger partial charge in [-0.1, -0.05) is 13.8 Å². The van der Waals surface area contributed by atoms with E-state index in [2.05, 4.69) is 0 Å². The van der Waals surface area contributed by atoms with Crippen LogP contribution in [0.4, 0.5) is 0 Å². The van der Waals surface area contributed by atoms with Crippen molar-refractivity contribution in [1.29, 1.82) is 0 Å². The van der Waals surface area contributed by atoms with Gasteiger partial charge in [-0.25, -0.2) is 13.2 Å². The summed E-state index contributed by atoms with van der Waals surface area (Å²) in [5, 5.41) is 8.80. The van der Waals surface area contributed by atoms with Crippen LogP contribution in [0, 0.1) is 37.7 Å². The molecule has 1 aromatic carbocycles. The van der Waals surface area contributed by atoms with Gasteiger partial charge in [0.2, 0.25) is 10.0 Å². The van der Waals surface area contributed by atoms with E-state index >= 15 is 0 Å². The third-order valence-corrected chi connectivity index (χ3v) is 4.60. The van der Waals surface area contributed by atoms with Crippen molar-refractivity contribution in [3.05, 3.63) is 29.8 Å². The largest absolute Gasteiger partial charge is 0.478 e. The maximum Gasteiger partial charge on any atom is 0.335 e. The Morgan fingerprint density at radius 1 is 1.00 bits per heavy atom. The van der Waals surface area contributed by atoms with Gasteiger partial charge in [-0.3, -0.25) is 0 Å². The van der Waals surface area contributed by atoms with Gasteiger partial charge in [-0.05, 0) is 37.1 Å². The van der Waals surface area contributed by atoms with E-state index in [9.17, 15) is 13.2 Å². The zero-order valence-corrected chi connectivity index (χ0v) is 15.7. The van der Waals surface area contributed by atoms with Gasteiger partial charge in [-0.15, -0.1) is 0 Å². The number of carboxylic acid groups (broad SMARTS) is 1. The van der Waals surface area contributed by atoms with E-state index < -0.39 is 16.0 Å². The summed E-state index contributed by atoms with van der Waals surface area (Å²) in [6.45, 7) is 4.78. The second-order valence-electron chi connectivity index (χ2n) is 4.23. The average molecular weight is 504 g/mol. The molecule has 1 aromatic rings. The molecule has 0 aliphatic heterocycles. The number of carboxylic acids is 1. The van der Waals surface area contributed by atoms with Crippen LogP contribution in [0.3, 0.4) is 0 Å². The fourth-order valence-corrected chi connectivity index (χ4v) is 3.39. The second kappa shape index (κ2) is 14.1. The van der Waals surface area contributed by atoms with Gasteiger partial charge in [0.05, 0.1) is 10.5 Å². The molecule has 0 aliphatic carbocycles. The molecular formula is C13H25HoNO7S. The van der Waals surface area contributed by atoms with Crippen LogP contribution in [0.25, 0.3) is 0 Å². The standard InChI is InChI=1S/C13H19NO4S.Ho.3H2O/c1-3-9-14(10-4-2)19(17,18)12-7-5-11(6-8-12)13(15)16;;;;/h5-8H,3-4,9-10H2,1-2H3,(H,15,16);;3*1H2. The maximum atomic E-state index is 12.4.